The van der Waals surface area contributed by atoms with Crippen molar-refractivity contribution in [1.82, 2.24) is 10.6 Å². The molecule has 0 atom stereocenters. The molecule has 1 aliphatic rings. The van der Waals surface area contributed by atoms with Crippen LogP contribution in [0.15, 0.2) is 17.1 Å². The van der Waals surface area contributed by atoms with E-state index in [0.29, 0.717) is 6.04 Å². The van der Waals surface area contributed by atoms with Crippen molar-refractivity contribution < 1.29 is 4.74 Å². The van der Waals surface area contributed by atoms with Gasteiger partial charge in [-0.3, -0.25) is 4.99 Å². The Morgan fingerprint density at radius 2 is 2.20 bits per heavy atom. The van der Waals surface area contributed by atoms with Crippen LogP contribution in [0.4, 0.5) is 0 Å². The van der Waals surface area contributed by atoms with Crippen molar-refractivity contribution in [2.24, 2.45) is 4.99 Å². The van der Waals surface area contributed by atoms with Crippen LogP contribution in [0.1, 0.15) is 19.8 Å². The van der Waals surface area contributed by atoms with Crippen LogP contribution in [-0.2, 0) is 4.74 Å². The van der Waals surface area contributed by atoms with Gasteiger partial charge >= 0.3 is 0 Å². The summed E-state index contributed by atoms with van der Waals surface area (Å²) in [5.74, 6) is 0.864. The molecule has 86 valence electrons. The van der Waals surface area contributed by atoms with E-state index in [1.807, 2.05) is 6.92 Å². The largest absolute Gasteiger partial charge is 0.380 e. The van der Waals surface area contributed by atoms with Gasteiger partial charge in [0.1, 0.15) is 0 Å². The standard InChI is InChI=1S/C11H21N3O/c1-3-15-9-8-13-11(12-2)14-10-6-4-5-7-10/h4-5,10H,3,6-9H2,1-2H3,(H2,12,13,14). The monoisotopic (exact) mass is 211 g/mol. The van der Waals surface area contributed by atoms with Crippen LogP contribution in [0.5, 0.6) is 0 Å². The molecule has 0 fully saturated rings. The Balaban J connectivity index is 2.13. The second-order valence-electron chi connectivity index (χ2n) is 3.48. The van der Waals surface area contributed by atoms with Gasteiger partial charge in [0, 0.05) is 26.2 Å². The molecule has 0 amide bonds. The lowest BCUT2D eigenvalue weighted by Gasteiger charge is -2.16. The predicted octanol–water partition coefficient (Wildman–Crippen LogP) is 0.906. The van der Waals surface area contributed by atoms with Crippen LogP contribution in [-0.4, -0.2) is 38.8 Å². The van der Waals surface area contributed by atoms with Gasteiger partial charge in [-0.2, -0.15) is 0 Å². The summed E-state index contributed by atoms with van der Waals surface area (Å²) in [6, 6.07) is 0.503. The maximum absolute atomic E-state index is 5.24. The van der Waals surface area contributed by atoms with Crippen LogP contribution < -0.4 is 10.6 Å². The van der Waals surface area contributed by atoms with E-state index in [-0.39, 0.29) is 0 Å². The van der Waals surface area contributed by atoms with E-state index < -0.39 is 0 Å². The lowest BCUT2D eigenvalue weighted by Crippen LogP contribution is -2.43. The minimum atomic E-state index is 0.503. The summed E-state index contributed by atoms with van der Waals surface area (Å²) in [7, 11) is 1.79. The van der Waals surface area contributed by atoms with E-state index >= 15 is 0 Å². The van der Waals surface area contributed by atoms with E-state index in [2.05, 4.69) is 27.8 Å². The topological polar surface area (TPSA) is 45.6 Å². The number of rotatable bonds is 5. The molecule has 0 aliphatic heterocycles. The Morgan fingerprint density at radius 3 is 2.80 bits per heavy atom. The van der Waals surface area contributed by atoms with Gasteiger partial charge in [0.2, 0.25) is 0 Å². The highest BCUT2D eigenvalue weighted by molar-refractivity contribution is 5.80. The van der Waals surface area contributed by atoms with Gasteiger partial charge in [0.15, 0.2) is 5.96 Å². The molecule has 4 nitrogen and oxygen atoms in total. The van der Waals surface area contributed by atoms with Crippen molar-refractivity contribution in [2.45, 2.75) is 25.8 Å². The number of nitrogens with one attached hydrogen (secondary N) is 2. The average Bonchev–Trinajstić information content (AvgIpc) is 2.75. The number of hydrogen-bond acceptors (Lipinski definition) is 2. The highest BCUT2D eigenvalue weighted by Crippen LogP contribution is 2.08. The molecule has 1 aliphatic carbocycles. The van der Waals surface area contributed by atoms with Gasteiger partial charge < -0.3 is 15.4 Å². The highest BCUT2D eigenvalue weighted by Gasteiger charge is 2.10. The van der Waals surface area contributed by atoms with Gasteiger partial charge in [0.25, 0.3) is 0 Å². The molecule has 0 bridgehead atoms. The van der Waals surface area contributed by atoms with Crippen LogP contribution in [0.3, 0.4) is 0 Å². The molecule has 0 saturated carbocycles. The summed E-state index contributed by atoms with van der Waals surface area (Å²) in [6.45, 7) is 4.28. The van der Waals surface area contributed by atoms with Crippen LogP contribution in [0.2, 0.25) is 0 Å². The molecule has 0 heterocycles. The second kappa shape index (κ2) is 7.29. The van der Waals surface area contributed by atoms with Crippen molar-refractivity contribution in [3.05, 3.63) is 12.2 Å². The summed E-state index contributed by atoms with van der Waals surface area (Å²) in [5, 5.41) is 6.58. The molecule has 0 aromatic rings. The van der Waals surface area contributed by atoms with E-state index in [1.165, 1.54) is 0 Å². The summed E-state index contributed by atoms with van der Waals surface area (Å²) < 4.78 is 5.24. The number of ether oxygens (including phenoxy) is 1. The molecule has 4 heteroatoms. The van der Waals surface area contributed by atoms with Gasteiger partial charge in [0.05, 0.1) is 6.61 Å². The molecule has 15 heavy (non-hydrogen) atoms. The first-order chi connectivity index (χ1) is 7.36. The zero-order valence-electron chi connectivity index (χ0n) is 9.62. The smallest absolute Gasteiger partial charge is 0.191 e. The minimum absolute atomic E-state index is 0.503. The first-order valence-corrected chi connectivity index (χ1v) is 5.56. The molecule has 0 radical (unpaired) electrons. The van der Waals surface area contributed by atoms with Crippen LogP contribution >= 0.6 is 0 Å². The fourth-order valence-electron chi connectivity index (χ4n) is 1.51. The van der Waals surface area contributed by atoms with Crippen LogP contribution in [0, 0.1) is 0 Å². The van der Waals surface area contributed by atoms with Crippen molar-refractivity contribution in [1.29, 1.82) is 0 Å². The number of hydrogen-bond donors (Lipinski definition) is 2. The van der Waals surface area contributed by atoms with E-state index in [0.717, 1.165) is 38.6 Å². The zero-order chi connectivity index (χ0) is 10.9. The van der Waals surface area contributed by atoms with Crippen molar-refractivity contribution in [3.63, 3.8) is 0 Å². The van der Waals surface area contributed by atoms with E-state index in [9.17, 15) is 0 Å². The summed E-state index contributed by atoms with van der Waals surface area (Å²) in [5.41, 5.74) is 0. The molecule has 2 N–H and O–H groups in total. The molecule has 1 rings (SSSR count). The van der Waals surface area contributed by atoms with Gasteiger partial charge in [-0.25, -0.2) is 0 Å². The van der Waals surface area contributed by atoms with Gasteiger partial charge in [-0.05, 0) is 19.8 Å². The van der Waals surface area contributed by atoms with Gasteiger partial charge in [-0.15, -0.1) is 0 Å². The third kappa shape index (κ3) is 4.83. The molecule has 0 spiro atoms. The molecule has 0 saturated heterocycles. The van der Waals surface area contributed by atoms with E-state index in [1.54, 1.807) is 7.05 Å². The fraction of sp³-hybridized carbons (Fsp3) is 0.727. The lowest BCUT2D eigenvalue weighted by molar-refractivity contribution is 0.152. The maximum atomic E-state index is 5.24. The lowest BCUT2D eigenvalue weighted by atomic mass is 10.2. The fourth-order valence-corrected chi connectivity index (χ4v) is 1.51. The normalized spacial score (nSPS) is 17.1. The quantitative estimate of drug-likeness (QED) is 0.307. The summed E-state index contributed by atoms with van der Waals surface area (Å²) >= 11 is 0. The predicted molar refractivity (Wildman–Crippen MR) is 63.2 cm³/mol. The molecule has 0 aromatic heterocycles. The number of nitrogens with zero attached hydrogens (tertiary/aromatic N) is 1. The first-order valence-electron chi connectivity index (χ1n) is 5.56. The Morgan fingerprint density at radius 1 is 1.47 bits per heavy atom. The second-order valence-corrected chi connectivity index (χ2v) is 3.48. The zero-order valence-corrected chi connectivity index (χ0v) is 9.62. The SMILES string of the molecule is CCOCCNC(=NC)NC1CC=CC1. The Bertz CT molecular complexity index is 218. The van der Waals surface area contributed by atoms with Crippen LogP contribution in [0.25, 0.3) is 0 Å². The number of guanidine groups is 1. The molecular weight excluding hydrogens is 190 g/mol. The third-order valence-electron chi connectivity index (χ3n) is 2.32. The first kappa shape index (κ1) is 12.0. The molecular formula is C11H21N3O. The van der Waals surface area contributed by atoms with Gasteiger partial charge in [-0.1, -0.05) is 12.2 Å². The third-order valence-corrected chi connectivity index (χ3v) is 2.32. The van der Waals surface area contributed by atoms with Crippen molar-refractivity contribution in [2.75, 3.05) is 26.8 Å². The Hall–Kier alpha value is -1.03. The molecule has 0 unspecified atom stereocenters. The van der Waals surface area contributed by atoms with E-state index in [4.69, 9.17) is 4.74 Å². The molecule has 0 aromatic carbocycles. The highest BCUT2D eigenvalue weighted by atomic mass is 16.5. The Labute approximate surface area is 91.8 Å². The summed E-state index contributed by atoms with van der Waals surface area (Å²) in [6.07, 6.45) is 6.58. The van der Waals surface area contributed by atoms with Crippen molar-refractivity contribution >= 4 is 5.96 Å². The summed E-state index contributed by atoms with van der Waals surface area (Å²) in [4.78, 5) is 4.16. The maximum Gasteiger partial charge on any atom is 0.191 e. The van der Waals surface area contributed by atoms with Crippen molar-refractivity contribution in [3.8, 4) is 0 Å². The number of aliphatic imine (C=N–C) groups is 1. The minimum Gasteiger partial charge on any atom is -0.380 e. The Kier molecular flexibility index (Phi) is 5.85. The average molecular weight is 211 g/mol.